The Bertz CT molecular complexity index is 435. The lowest BCUT2D eigenvalue weighted by molar-refractivity contribution is -0.513. The second kappa shape index (κ2) is 7.51. The first-order valence-electron chi connectivity index (χ1n) is 5.79. The predicted molar refractivity (Wildman–Crippen MR) is 56.4 cm³/mol. The lowest BCUT2D eigenvalue weighted by atomic mass is 10.2. The van der Waals surface area contributed by atoms with Gasteiger partial charge in [0.25, 0.3) is 0 Å². The Labute approximate surface area is 133 Å². The average molecular weight is 398 g/mol. The molecule has 0 saturated heterocycles. The van der Waals surface area contributed by atoms with Crippen LogP contribution >= 0.6 is 0 Å². The van der Waals surface area contributed by atoms with Crippen molar-refractivity contribution in [2.24, 2.45) is 0 Å². The van der Waals surface area contributed by atoms with Crippen LogP contribution in [-0.4, -0.2) is 57.3 Å². The molecular formula is C10H11F9O6. The summed E-state index contributed by atoms with van der Waals surface area (Å²) < 4.78 is 129. The maximum atomic E-state index is 12.9. The van der Waals surface area contributed by atoms with Gasteiger partial charge >= 0.3 is 30.7 Å². The molecule has 0 saturated carbocycles. The van der Waals surface area contributed by atoms with Crippen molar-refractivity contribution in [1.82, 2.24) is 0 Å². The van der Waals surface area contributed by atoms with Gasteiger partial charge in [-0.05, 0) is 6.92 Å². The highest BCUT2D eigenvalue weighted by molar-refractivity contribution is 5.79. The van der Waals surface area contributed by atoms with Crippen LogP contribution in [0.2, 0.25) is 0 Å². The Morgan fingerprint density at radius 3 is 1.40 bits per heavy atom. The zero-order chi connectivity index (χ0) is 20.3. The summed E-state index contributed by atoms with van der Waals surface area (Å²) in [7, 11) is 1.82. The minimum Gasteiger partial charge on any atom is -0.456 e. The van der Waals surface area contributed by atoms with Crippen LogP contribution in [0.15, 0.2) is 0 Å². The zero-order valence-electron chi connectivity index (χ0n) is 12.6. The Balaban J connectivity index is 5.88. The molecule has 0 spiro atoms. The van der Waals surface area contributed by atoms with Crippen molar-refractivity contribution in [3.05, 3.63) is 0 Å². The standard InChI is InChI=1S/C10H11F9O6/c1-6(21-2,22-3)4-23-5(20)7(8(11,12)13,24-9(14,15)16)25-10(17,18)19/h4H2,1-3H3. The van der Waals surface area contributed by atoms with Crippen molar-refractivity contribution < 1.29 is 68.0 Å². The number of ether oxygens (including phenoxy) is 5. The number of methoxy groups -OCH3 is 2. The molecule has 0 N–H and O–H groups in total. The summed E-state index contributed by atoms with van der Waals surface area (Å²) >= 11 is 0. The number of halogens is 9. The van der Waals surface area contributed by atoms with Crippen molar-refractivity contribution in [3.63, 3.8) is 0 Å². The molecule has 0 aromatic heterocycles. The van der Waals surface area contributed by atoms with E-state index in [1.54, 1.807) is 0 Å². The summed E-state index contributed by atoms with van der Waals surface area (Å²) in [5.41, 5.74) is 0. The second-order valence-electron chi connectivity index (χ2n) is 4.33. The van der Waals surface area contributed by atoms with Crippen LogP contribution in [-0.2, 0) is 28.5 Å². The van der Waals surface area contributed by atoms with E-state index in [0.29, 0.717) is 0 Å². The van der Waals surface area contributed by atoms with E-state index in [9.17, 15) is 44.3 Å². The van der Waals surface area contributed by atoms with Gasteiger partial charge in [-0.25, -0.2) is 14.3 Å². The highest BCUT2D eigenvalue weighted by Crippen LogP contribution is 2.44. The number of hydrogen-bond acceptors (Lipinski definition) is 6. The molecule has 0 aromatic carbocycles. The van der Waals surface area contributed by atoms with Gasteiger partial charge in [0, 0.05) is 14.2 Å². The maximum absolute atomic E-state index is 12.9. The Kier molecular flexibility index (Phi) is 7.11. The van der Waals surface area contributed by atoms with Crippen LogP contribution < -0.4 is 0 Å². The first-order valence-corrected chi connectivity index (χ1v) is 5.79. The van der Waals surface area contributed by atoms with E-state index in [-0.39, 0.29) is 0 Å². The van der Waals surface area contributed by atoms with Crippen LogP contribution in [0.1, 0.15) is 6.92 Å². The van der Waals surface area contributed by atoms with Gasteiger partial charge in [0.05, 0.1) is 0 Å². The van der Waals surface area contributed by atoms with Gasteiger partial charge in [-0.15, -0.1) is 26.3 Å². The molecule has 25 heavy (non-hydrogen) atoms. The van der Waals surface area contributed by atoms with Crippen molar-refractivity contribution in [3.8, 4) is 0 Å². The zero-order valence-corrected chi connectivity index (χ0v) is 12.6. The van der Waals surface area contributed by atoms with Gasteiger partial charge < -0.3 is 14.2 Å². The number of rotatable bonds is 7. The normalized spacial score (nSPS) is 14.6. The van der Waals surface area contributed by atoms with Gasteiger partial charge in [-0.2, -0.15) is 13.2 Å². The van der Waals surface area contributed by atoms with Gasteiger partial charge in [-0.1, -0.05) is 0 Å². The van der Waals surface area contributed by atoms with Crippen molar-refractivity contribution in [1.29, 1.82) is 0 Å². The molecule has 0 aliphatic carbocycles. The van der Waals surface area contributed by atoms with E-state index in [1.165, 1.54) is 0 Å². The second-order valence-corrected chi connectivity index (χ2v) is 4.33. The van der Waals surface area contributed by atoms with Gasteiger partial charge in [0.15, 0.2) is 5.79 Å². The van der Waals surface area contributed by atoms with E-state index < -0.39 is 43.1 Å². The minimum atomic E-state index is -6.62. The maximum Gasteiger partial charge on any atom is 0.525 e. The van der Waals surface area contributed by atoms with Crippen LogP contribution in [0.3, 0.4) is 0 Å². The summed E-state index contributed by atoms with van der Waals surface area (Å²) in [6.07, 6.45) is -19.3. The van der Waals surface area contributed by atoms with E-state index in [4.69, 9.17) is 0 Å². The van der Waals surface area contributed by atoms with E-state index in [0.717, 1.165) is 21.1 Å². The number of esters is 1. The molecule has 0 atom stereocenters. The summed E-state index contributed by atoms with van der Waals surface area (Å²) in [6, 6.07) is 0. The number of alkyl halides is 9. The topological polar surface area (TPSA) is 63.2 Å². The van der Waals surface area contributed by atoms with Crippen LogP contribution in [0.5, 0.6) is 0 Å². The molecular weight excluding hydrogens is 387 g/mol. The molecule has 150 valence electrons. The summed E-state index contributed by atoms with van der Waals surface area (Å²) in [5.74, 6) is -11.0. The molecule has 0 heterocycles. The van der Waals surface area contributed by atoms with E-state index in [2.05, 4.69) is 23.7 Å². The van der Waals surface area contributed by atoms with Crippen LogP contribution in [0, 0.1) is 0 Å². The molecule has 0 rings (SSSR count). The lowest BCUT2D eigenvalue weighted by Gasteiger charge is -2.34. The highest BCUT2D eigenvalue weighted by Gasteiger charge is 2.73. The fraction of sp³-hybridized carbons (Fsp3) is 0.900. The lowest BCUT2D eigenvalue weighted by Crippen LogP contribution is -2.61. The van der Waals surface area contributed by atoms with Gasteiger partial charge in [0.2, 0.25) is 0 Å². The molecule has 0 radical (unpaired) electrons. The van der Waals surface area contributed by atoms with Crippen LogP contribution in [0.25, 0.3) is 0 Å². The summed E-state index contributed by atoms with van der Waals surface area (Å²) in [5, 5.41) is 0. The number of carbonyl (C=O) groups is 1. The monoisotopic (exact) mass is 398 g/mol. The smallest absolute Gasteiger partial charge is 0.456 e. The molecule has 0 aromatic rings. The first kappa shape index (κ1) is 23.7. The third kappa shape index (κ3) is 6.83. The Morgan fingerprint density at radius 2 is 1.16 bits per heavy atom. The van der Waals surface area contributed by atoms with Gasteiger partial charge in [-0.3, -0.25) is 0 Å². The molecule has 0 amide bonds. The summed E-state index contributed by atoms with van der Waals surface area (Å²) in [4.78, 5) is 11.4. The van der Waals surface area contributed by atoms with E-state index >= 15 is 0 Å². The van der Waals surface area contributed by atoms with Crippen molar-refractivity contribution in [2.45, 2.75) is 37.4 Å². The largest absolute Gasteiger partial charge is 0.525 e. The highest BCUT2D eigenvalue weighted by atomic mass is 19.4. The van der Waals surface area contributed by atoms with Gasteiger partial charge in [0.1, 0.15) is 6.61 Å². The fourth-order valence-electron chi connectivity index (χ4n) is 1.15. The third-order valence-corrected chi connectivity index (χ3v) is 2.49. The number of carbonyl (C=O) groups excluding carboxylic acids is 1. The average Bonchev–Trinajstić information content (AvgIpc) is 2.39. The minimum absolute atomic E-state index is 0.909. The molecule has 0 bridgehead atoms. The molecule has 6 nitrogen and oxygen atoms in total. The predicted octanol–water partition coefficient (Wildman–Crippen LogP) is 2.87. The Hall–Kier alpha value is -1.32. The molecule has 0 aliphatic heterocycles. The molecule has 15 heteroatoms. The van der Waals surface area contributed by atoms with E-state index in [1.807, 2.05) is 0 Å². The summed E-state index contributed by atoms with van der Waals surface area (Å²) in [6.45, 7) is -0.357. The first-order chi connectivity index (χ1) is 10.9. The molecule has 0 fully saturated rings. The molecule has 0 aliphatic rings. The third-order valence-electron chi connectivity index (χ3n) is 2.49. The van der Waals surface area contributed by atoms with Crippen LogP contribution in [0.4, 0.5) is 39.5 Å². The SMILES string of the molecule is COC(C)(COC(=O)C(OC(F)(F)F)(OC(F)(F)F)C(F)(F)F)OC. The van der Waals surface area contributed by atoms with Crippen molar-refractivity contribution in [2.75, 3.05) is 20.8 Å². The molecule has 0 unspecified atom stereocenters. The fourth-order valence-corrected chi connectivity index (χ4v) is 1.15. The Morgan fingerprint density at radius 1 is 0.800 bits per heavy atom. The number of hydrogen-bond donors (Lipinski definition) is 0. The quantitative estimate of drug-likeness (QED) is 0.374. The van der Waals surface area contributed by atoms with Crippen molar-refractivity contribution >= 4 is 5.97 Å².